The standard InChI is InChI=1S/C12H16ClN3O3/c1-3-7-4-8(5-9(13)11(7)18-2)19-10(17)6-16-12(14)15/h4-5H,3,6H2,1-2H3,(H4,14,15,16). The number of nitrogens with two attached hydrogens (primary N) is 2. The normalized spacial score (nSPS) is 9.84. The Morgan fingerprint density at radius 3 is 2.63 bits per heavy atom. The Morgan fingerprint density at radius 1 is 1.42 bits per heavy atom. The van der Waals surface area contributed by atoms with Crippen molar-refractivity contribution >= 4 is 23.5 Å². The molecule has 19 heavy (non-hydrogen) atoms. The zero-order valence-corrected chi connectivity index (χ0v) is 11.5. The molecular weight excluding hydrogens is 270 g/mol. The van der Waals surface area contributed by atoms with Crippen LogP contribution in [0, 0.1) is 0 Å². The van der Waals surface area contributed by atoms with Crippen molar-refractivity contribution < 1.29 is 14.3 Å². The Balaban J connectivity index is 2.88. The Bertz CT molecular complexity index is 499. The number of aryl methyl sites for hydroxylation is 1. The van der Waals surface area contributed by atoms with Crippen LogP contribution in [-0.2, 0) is 11.2 Å². The van der Waals surface area contributed by atoms with Crippen LogP contribution in [0.2, 0.25) is 5.02 Å². The molecule has 0 atom stereocenters. The molecule has 0 heterocycles. The summed E-state index contributed by atoms with van der Waals surface area (Å²) in [6, 6.07) is 3.20. The van der Waals surface area contributed by atoms with Gasteiger partial charge >= 0.3 is 5.97 Å². The van der Waals surface area contributed by atoms with Crippen LogP contribution in [0.3, 0.4) is 0 Å². The van der Waals surface area contributed by atoms with Crippen molar-refractivity contribution in [2.75, 3.05) is 13.7 Å². The molecule has 7 heteroatoms. The molecule has 4 N–H and O–H groups in total. The molecular formula is C12H16ClN3O3. The number of benzene rings is 1. The summed E-state index contributed by atoms with van der Waals surface area (Å²) in [5.74, 6) is 0.169. The first-order valence-corrected chi connectivity index (χ1v) is 5.98. The maximum atomic E-state index is 11.5. The topological polar surface area (TPSA) is 99.9 Å². The monoisotopic (exact) mass is 285 g/mol. The van der Waals surface area contributed by atoms with Gasteiger partial charge in [-0.05, 0) is 18.1 Å². The number of guanidine groups is 1. The molecule has 0 amide bonds. The highest BCUT2D eigenvalue weighted by molar-refractivity contribution is 6.32. The Kier molecular flexibility index (Phi) is 5.44. The fourth-order valence-electron chi connectivity index (χ4n) is 1.49. The van der Waals surface area contributed by atoms with Crippen LogP contribution in [-0.4, -0.2) is 25.6 Å². The lowest BCUT2D eigenvalue weighted by Crippen LogP contribution is -2.25. The van der Waals surface area contributed by atoms with Gasteiger partial charge in [0.1, 0.15) is 18.0 Å². The number of methoxy groups -OCH3 is 1. The van der Waals surface area contributed by atoms with Crippen molar-refractivity contribution in [1.82, 2.24) is 0 Å². The highest BCUT2D eigenvalue weighted by Crippen LogP contribution is 2.33. The summed E-state index contributed by atoms with van der Waals surface area (Å²) in [6.07, 6.45) is 0.697. The van der Waals surface area contributed by atoms with Crippen LogP contribution < -0.4 is 20.9 Å². The summed E-state index contributed by atoms with van der Waals surface area (Å²) >= 11 is 6.04. The summed E-state index contributed by atoms with van der Waals surface area (Å²) in [5.41, 5.74) is 11.1. The van der Waals surface area contributed by atoms with E-state index in [-0.39, 0.29) is 12.5 Å². The first-order chi connectivity index (χ1) is 8.97. The van der Waals surface area contributed by atoms with Gasteiger partial charge in [-0.1, -0.05) is 18.5 Å². The van der Waals surface area contributed by atoms with Crippen LogP contribution in [0.15, 0.2) is 17.1 Å². The molecule has 0 unspecified atom stereocenters. The molecule has 0 spiro atoms. The summed E-state index contributed by atoms with van der Waals surface area (Å²) in [6.45, 7) is 1.70. The van der Waals surface area contributed by atoms with E-state index < -0.39 is 5.97 Å². The molecule has 0 aliphatic carbocycles. The molecule has 1 rings (SSSR count). The third kappa shape index (κ3) is 4.33. The van der Waals surface area contributed by atoms with Gasteiger partial charge in [0.05, 0.1) is 12.1 Å². The second-order valence-electron chi connectivity index (χ2n) is 3.67. The van der Waals surface area contributed by atoms with Crippen molar-refractivity contribution in [3.8, 4) is 11.5 Å². The van der Waals surface area contributed by atoms with E-state index in [1.165, 1.54) is 13.2 Å². The van der Waals surface area contributed by atoms with E-state index in [0.717, 1.165) is 5.56 Å². The van der Waals surface area contributed by atoms with Crippen molar-refractivity contribution in [2.45, 2.75) is 13.3 Å². The Morgan fingerprint density at radius 2 is 2.11 bits per heavy atom. The van der Waals surface area contributed by atoms with Gasteiger partial charge in [0.25, 0.3) is 0 Å². The lowest BCUT2D eigenvalue weighted by atomic mass is 10.1. The molecule has 0 fully saturated rings. The molecule has 0 bridgehead atoms. The third-order valence-corrected chi connectivity index (χ3v) is 2.58. The quantitative estimate of drug-likeness (QED) is 0.365. The van der Waals surface area contributed by atoms with E-state index in [0.29, 0.717) is 22.9 Å². The van der Waals surface area contributed by atoms with E-state index in [1.54, 1.807) is 6.07 Å². The molecule has 1 aromatic rings. The molecule has 104 valence electrons. The Labute approximate surface area is 116 Å². The predicted octanol–water partition coefficient (Wildman–Crippen LogP) is 1.09. The number of halogens is 1. The molecule has 0 radical (unpaired) electrons. The molecule has 0 aliphatic heterocycles. The second kappa shape index (κ2) is 6.84. The zero-order chi connectivity index (χ0) is 14.4. The third-order valence-electron chi connectivity index (χ3n) is 2.30. The van der Waals surface area contributed by atoms with Gasteiger partial charge in [0.15, 0.2) is 5.96 Å². The lowest BCUT2D eigenvalue weighted by molar-refractivity contribution is -0.132. The number of aliphatic imine (C=N–C) groups is 1. The summed E-state index contributed by atoms with van der Waals surface area (Å²) in [4.78, 5) is 15.0. The molecule has 6 nitrogen and oxygen atoms in total. The number of carbonyl (C=O) groups is 1. The van der Waals surface area contributed by atoms with Crippen LogP contribution >= 0.6 is 11.6 Å². The van der Waals surface area contributed by atoms with E-state index in [9.17, 15) is 4.79 Å². The summed E-state index contributed by atoms with van der Waals surface area (Å²) in [5, 5.41) is 0.381. The first kappa shape index (κ1) is 15.1. The minimum absolute atomic E-state index is 0.168. The van der Waals surface area contributed by atoms with E-state index in [1.807, 2.05) is 6.92 Å². The van der Waals surface area contributed by atoms with Crippen LogP contribution in [0.1, 0.15) is 12.5 Å². The predicted molar refractivity (Wildman–Crippen MR) is 73.7 cm³/mol. The smallest absolute Gasteiger partial charge is 0.333 e. The van der Waals surface area contributed by atoms with Gasteiger partial charge in [-0.25, -0.2) is 9.79 Å². The van der Waals surface area contributed by atoms with Crippen LogP contribution in [0.25, 0.3) is 0 Å². The van der Waals surface area contributed by atoms with E-state index >= 15 is 0 Å². The van der Waals surface area contributed by atoms with Gasteiger partial charge in [-0.15, -0.1) is 0 Å². The van der Waals surface area contributed by atoms with Gasteiger partial charge in [-0.3, -0.25) is 0 Å². The molecule has 0 aliphatic rings. The average molecular weight is 286 g/mol. The highest BCUT2D eigenvalue weighted by atomic mass is 35.5. The number of nitrogens with zero attached hydrogens (tertiary/aromatic N) is 1. The zero-order valence-electron chi connectivity index (χ0n) is 10.8. The van der Waals surface area contributed by atoms with Gasteiger partial charge in [0.2, 0.25) is 0 Å². The van der Waals surface area contributed by atoms with Crippen molar-refractivity contribution in [3.05, 3.63) is 22.7 Å². The van der Waals surface area contributed by atoms with Gasteiger partial charge in [0, 0.05) is 6.07 Å². The minimum Gasteiger partial charge on any atom is -0.495 e. The molecule has 1 aromatic carbocycles. The SMILES string of the molecule is CCc1cc(OC(=O)CN=C(N)N)cc(Cl)c1OC. The van der Waals surface area contributed by atoms with E-state index in [4.69, 9.17) is 32.5 Å². The largest absolute Gasteiger partial charge is 0.495 e. The number of hydrogen-bond acceptors (Lipinski definition) is 4. The van der Waals surface area contributed by atoms with Crippen LogP contribution in [0.5, 0.6) is 11.5 Å². The molecule has 0 aromatic heterocycles. The first-order valence-electron chi connectivity index (χ1n) is 5.60. The fraction of sp³-hybridized carbons (Fsp3) is 0.333. The van der Waals surface area contributed by atoms with Crippen LogP contribution in [0.4, 0.5) is 0 Å². The number of hydrogen-bond donors (Lipinski definition) is 2. The maximum Gasteiger partial charge on any atom is 0.333 e. The number of esters is 1. The summed E-state index contributed by atoms with van der Waals surface area (Å²) < 4.78 is 10.3. The highest BCUT2D eigenvalue weighted by Gasteiger charge is 2.12. The Hall–Kier alpha value is -1.95. The van der Waals surface area contributed by atoms with Gasteiger partial charge < -0.3 is 20.9 Å². The number of ether oxygens (including phenoxy) is 2. The lowest BCUT2D eigenvalue weighted by Gasteiger charge is -2.11. The number of rotatable bonds is 5. The van der Waals surface area contributed by atoms with Gasteiger partial charge in [-0.2, -0.15) is 0 Å². The minimum atomic E-state index is -0.573. The van der Waals surface area contributed by atoms with Crippen molar-refractivity contribution in [2.24, 2.45) is 16.5 Å². The molecule has 0 saturated carbocycles. The maximum absolute atomic E-state index is 11.5. The fourth-order valence-corrected chi connectivity index (χ4v) is 1.80. The molecule has 0 saturated heterocycles. The second-order valence-corrected chi connectivity index (χ2v) is 4.07. The van der Waals surface area contributed by atoms with Crippen molar-refractivity contribution in [3.63, 3.8) is 0 Å². The average Bonchev–Trinajstić information content (AvgIpc) is 2.35. The van der Waals surface area contributed by atoms with Crippen molar-refractivity contribution in [1.29, 1.82) is 0 Å². The van der Waals surface area contributed by atoms with E-state index in [2.05, 4.69) is 4.99 Å². The number of carbonyl (C=O) groups excluding carboxylic acids is 1. The summed E-state index contributed by atoms with van der Waals surface area (Å²) in [7, 11) is 1.53.